The lowest BCUT2D eigenvalue weighted by molar-refractivity contribution is 0.384. The average molecular weight is 270 g/mol. The zero-order valence-electron chi connectivity index (χ0n) is 9.76. The molecule has 1 aromatic carbocycles. The molecule has 0 saturated carbocycles. The molecule has 0 aliphatic carbocycles. The summed E-state index contributed by atoms with van der Waals surface area (Å²) in [6, 6.07) is 9.02. The van der Waals surface area contributed by atoms with Gasteiger partial charge in [-0.3, -0.25) is 0 Å². The summed E-state index contributed by atoms with van der Waals surface area (Å²) < 4.78 is 1.16. The van der Waals surface area contributed by atoms with Crippen LogP contribution in [-0.2, 0) is 0 Å². The van der Waals surface area contributed by atoms with E-state index < -0.39 is 0 Å². The van der Waals surface area contributed by atoms with E-state index in [-0.39, 0.29) is 0 Å². The van der Waals surface area contributed by atoms with E-state index in [4.69, 9.17) is 0 Å². The van der Waals surface area contributed by atoms with Gasteiger partial charge in [0.25, 0.3) is 0 Å². The van der Waals surface area contributed by atoms with Crippen molar-refractivity contribution in [2.45, 2.75) is 32.7 Å². The quantitative estimate of drug-likeness (QED) is 0.847. The maximum absolute atomic E-state index is 3.52. The van der Waals surface area contributed by atoms with Crippen LogP contribution in [0.3, 0.4) is 0 Å². The maximum atomic E-state index is 3.52. The average Bonchev–Trinajstić information content (AvgIpc) is 2.19. The van der Waals surface area contributed by atoms with Crippen molar-refractivity contribution in [2.75, 3.05) is 7.05 Å². The second-order valence-electron chi connectivity index (χ2n) is 4.09. The fraction of sp³-hybridized carbons (Fsp3) is 0.538. The molecule has 2 heteroatoms. The van der Waals surface area contributed by atoms with Crippen molar-refractivity contribution >= 4 is 15.9 Å². The van der Waals surface area contributed by atoms with Gasteiger partial charge in [0.1, 0.15) is 0 Å². The third-order valence-electron chi connectivity index (χ3n) is 2.83. The van der Waals surface area contributed by atoms with Crippen LogP contribution < -0.4 is 5.32 Å². The van der Waals surface area contributed by atoms with Gasteiger partial charge in [0, 0.05) is 10.5 Å². The van der Waals surface area contributed by atoms with Gasteiger partial charge in [-0.25, -0.2) is 0 Å². The summed E-state index contributed by atoms with van der Waals surface area (Å²) in [6.07, 6.45) is 2.51. The molecule has 2 atom stereocenters. The number of hydrogen-bond donors (Lipinski definition) is 1. The number of rotatable bonds is 5. The lowest BCUT2D eigenvalue weighted by atomic mass is 9.91. The van der Waals surface area contributed by atoms with Gasteiger partial charge in [-0.2, -0.15) is 0 Å². The standard InChI is InChI=1S/C13H20BrN/c1-4-6-10(2)13(15-3)11-7-5-8-12(14)9-11/h5,7-10,13,15H,4,6H2,1-3H3. The van der Waals surface area contributed by atoms with Crippen LogP contribution in [0.15, 0.2) is 28.7 Å². The SMILES string of the molecule is CCCC(C)C(NC)c1cccc(Br)c1. The van der Waals surface area contributed by atoms with Gasteiger partial charge < -0.3 is 5.32 Å². The zero-order valence-corrected chi connectivity index (χ0v) is 11.3. The highest BCUT2D eigenvalue weighted by atomic mass is 79.9. The van der Waals surface area contributed by atoms with Crippen LogP contribution in [0, 0.1) is 5.92 Å². The molecule has 0 saturated heterocycles. The molecule has 15 heavy (non-hydrogen) atoms. The van der Waals surface area contributed by atoms with Gasteiger partial charge in [0.05, 0.1) is 0 Å². The van der Waals surface area contributed by atoms with E-state index in [2.05, 4.69) is 59.4 Å². The van der Waals surface area contributed by atoms with Crippen LogP contribution in [0.2, 0.25) is 0 Å². The Morgan fingerprint density at radius 2 is 2.13 bits per heavy atom. The molecule has 0 heterocycles. The van der Waals surface area contributed by atoms with Crippen molar-refractivity contribution in [3.8, 4) is 0 Å². The fourth-order valence-electron chi connectivity index (χ4n) is 2.10. The highest BCUT2D eigenvalue weighted by molar-refractivity contribution is 9.10. The molecule has 0 fully saturated rings. The van der Waals surface area contributed by atoms with Crippen molar-refractivity contribution in [1.82, 2.24) is 5.32 Å². The van der Waals surface area contributed by atoms with Gasteiger partial charge in [-0.1, -0.05) is 48.3 Å². The molecule has 0 amide bonds. The molecule has 1 rings (SSSR count). The fourth-order valence-corrected chi connectivity index (χ4v) is 2.52. The first-order valence-corrected chi connectivity index (χ1v) is 6.41. The number of nitrogens with one attached hydrogen (secondary N) is 1. The number of benzene rings is 1. The molecule has 0 spiro atoms. The normalized spacial score (nSPS) is 14.9. The molecule has 0 aliphatic rings. The van der Waals surface area contributed by atoms with Gasteiger partial charge in [0.2, 0.25) is 0 Å². The Balaban J connectivity index is 2.82. The van der Waals surface area contributed by atoms with Crippen LogP contribution in [0.4, 0.5) is 0 Å². The first-order chi connectivity index (χ1) is 7.19. The highest BCUT2D eigenvalue weighted by Crippen LogP contribution is 2.26. The van der Waals surface area contributed by atoms with Crippen LogP contribution >= 0.6 is 15.9 Å². The molecule has 1 nitrogen and oxygen atoms in total. The largest absolute Gasteiger partial charge is 0.313 e. The summed E-state index contributed by atoms with van der Waals surface area (Å²) >= 11 is 3.52. The first-order valence-electron chi connectivity index (χ1n) is 5.61. The molecule has 1 aromatic rings. The predicted octanol–water partition coefficient (Wildman–Crippen LogP) is 4.15. The molecule has 1 N–H and O–H groups in total. The monoisotopic (exact) mass is 269 g/mol. The van der Waals surface area contributed by atoms with Crippen molar-refractivity contribution in [3.05, 3.63) is 34.3 Å². The lowest BCUT2D eigenvalue weighted by Gasteiger charge is -2.23. The van der Waals surface area contributed by atoms with Gasteiger partial charge in [-0.05, 0) is 37.1 Å². The second kappa shape index (κ2) is 6.29. The topological polar surface area (TPSA) is 12.0 Å². The van der Waals surface area contributed by atoms with E-state index in [0.29, 0.717) is 12.0 Å². The lowest BCUT2D eigenvalue weighted by Crippen LogP contribution is -2.23. The summed E-state index contributed by atoms with van der Waals surface area (Å²) in [4.78, 5) is 0. The number of halogens is 1. The van der Waals surface area contributed by atoms with E-state index >= 15 is 0 Å². The van der Waals surface area contributed by atoms with E-state index in [1.165, 1.54) is 18.4 Å². The molecule has 0 aromatic heterocycles. The Bertz CT molecular complexity index is 298. The summed E-state index contributed by atoms with van der Waals surface area (Å²) in [6.45, 7) is 4.55. The van der Waals surface area contributed by atoms with Crippen LogP contribution in [-0.4, -0.2) is 7.05 Å². The third kappa shape index (κ3) is 3.62. The summed E-state index contributed by atoms with van der Waals surface area (Å²) in [5.41, 5.74) is 1.37. The second-order valence-corrected chi connectivity index (χ2v) is 5.00. The Labute approximate surface area is 101 Å². The molecule has 0 bridgehead atoms. The number of hydrogen-bond acceptors (Lipinski definition) is 1. The van der Waals surface area contributed by atoms with Crippen LogP contribution in [0.5, 0.6) is 0 Å². The van der Waals surface area contributed by atoms with Gasteiger partial charge in [0.15, 0.2) is 0 Å². The molecule has 2 unspecified atom stereocenters. The van der Waals surface area contributed by atoms with Crippen LogP contribution in [0.1, 0.15) is 38.3 Å². The Morgan fingerprint density at radius 1 is 1.40 bits per heavy atom. The minimum Gasteiger partial charge on any atom is -0.313 e. The predicted molar refractivity (Wildman–Crippen MR) is 70.0 cm³/mol. The summed E-state index contributed by atoms with van der Waals surface area (Å²) in [5.74, 6) is 0.675. The molecule has 0 radical (unpaired) electrons. The van der Waals surface area contributed by atoms with Crippen molar-refractivity contribution in [1.29, 1.82) is 0 Å². The molecule has 84 valence electrons. The van der Waals surface area contributed by atoms with Gasteiger partial charge >= 0.3 is 0 Å². The molecule has 0 aliphatic heterocycles. The third-order valence-corrected chi connectivity index (χ3v) is 3.33. The smallest absolute Gasteiger partial charge is 0.0343 e. The molecular formula is C13H20BrN. The van der Waals surface area contributed by atoms with Crippen molar-refractivity contribution < 1.29 is 0 Å². The summed E-state index contributed by atoms with van der Waals surface area (Å²) in [5, 5.41) is 3.41. The van der Waals surface area contributed by atoms with E-state index in [1.54, 1.807) is 0 Å². The minimum absolute atomic E-state index is 0.461. The zero-order chi connectivity index (χ0) is 11.3. The Kier molecular flexibility index (Phi) is 5.34. The van der Waals surface area contributed by atoms with Crippen molar-refractivity contribution in [2.24, 2.45) is 5.92 Å². The van der Waals surface area contributed by atoms with Gasteiger partial charge in [-0.15, -0.1) is 0 Å². The Hall–Kier alpha value is -0.340. The maximum Gasteiger partial charge on any atom is 0.0343 e. The first kappa shape index (κ1) is 12.7. The highest BCUT2D eigenvalue weighted by Gasteiger charge is 2.16. The minimum atomic E-state index is 0.461. The van der Waals surface area contributed by atoms with Crippen LogP contribution in [0.25, 0.3) is 0 Å². The van der Waals surface area contributed by atoms with E-state index in [0.717, 1.165) is 4.47 Å². The van der Waals surface area contributed by atoms with Crippen molar-refractivity contribution in [3.63, 3.8) is 0 Å². The molecular weight excluding hydrogens is 250 g/mol. The Morgan fingerprint density at radius 3 is 2.67 bits per heavy atom. The van der Waals surface area contributed by atoms with E-state index in [1.807, 2.05) is 7.05 Å². The van der Waals surface area contributed by atoms with E-state index in [9.17, 15) is 0 Å². The summed E-state index contributed by atoms with van der Waals surface area (Å²) in [7, 11) is 2.04.